The quantitative estimate of drug-likeness (QED) is 0.530. The van der Waals surface area contributed by atoms with Gasteiger partial charge < -0.3 is 9.84 Å². The second kappa shape index (κ2) is 8.79. The van der Waals surface area contributed by atoms with Gasteiger partial charge in [-0.15, -0.1) is 11.3 Å². The minimum atomic E-state index is -0.949. The Bertz CT molecular complexity index is 1200. The SMILES string of the molecule is COc1ccc(N=C2S/C(=C\c3cc(-c4ccc(C(=O)O)cc4)cs3)C(=O)N2C)cc1. The molecule has 2 heterocycles. The summed E-state index contributed by atoms with van der Waals surface area (Å²) in [5.74, 6) is -0.299. The second-order valence-electron chi connectivity index (χ2n) is 6.69. The number of rotatable bonds is 5. The number of carboxylic acids is 1. The number of carboxylic acid groups (broad SMARTS) is 1. The van der Waals surface area contributed by atoms with E-state index in [1.807, 2.05) is 41.8 Å². The Kier molecular flexibility index (Phi) is 5.92. The van der Waals surface area contributed by atoms with Crippen LogP contribution in [0.4, 0.5) is 5.69 Å². The lowest BCUT2D eigenvalue weighted by Crippen LogP contribution is -2.23. The Balaban J connectivity index is 1.54. The van der Waals surface area contributed by atoms with Crippen molar-refractivity contribution >= 4 is 51.9 Å². The number of nitrogens with zero attached hydrogens (tertiary/aromatic N) is 2. The lowest BCUT2D eigenvalue weighted by Gasteiger charge is -2.07. The molecule has 1 aliphatic rings. The first-order valence-electron chi connectivity index (χ1n) is 9.27. The molecule has 0 bridgehead atoms. The molecule has 1 N–H and O–H groups in total. The Morgan fingerprint density at radius 2 is 1.81 bits per heavy atom. The summed E-state index contributed by atoms with van der Waals surface area (Å²) in [4.78, 5) is 31.3. The van der Waals surface area contributed by atoms with E-state index in [0.29, 0.717) is 10.1 Å². The normalized spacial score (nSPS) is 16.3. The zero-order valence-corrected chi connectivity index (χ0v) is 18.4. The fraction of sp³-hybridized carbons (Fsp3) is 0.0870. The first-order chi connectivity index (χ1) is 14.9. The number of carbonyl (C=O) groups is 2. The summed E-state index contributed by atoms with van der Waals surface area (Å²) in [5.41, 5.74) is 2.90. The maximum atomic E-state index is 12.7. The van der Waals surface area contributed by atoms with E-state index in [-0.39, 0.29) is 11.5 Å². The first kappa shape index (κ1) is 20.9. The summed E-state index contributed by atoms with van der Waals surface area (Å²) >= 11 is 2.86. The van der Waals surface area contributed by atoms with Crippen LogP contribution in [0, 0.1) is 0 Å². The van der Waals surface area contributed by atoms with E-state index in [1.165, 1.54) is 23.1 Å². The predicted octanol–water partition coefficient (Wildman–Crippen LogP) is 5.36. The van der Waals surface area contributed by atoms with Crippen molar-refractivity contribution in [2.45, 2.75) is 0 Å². The predicted molar refractivity (Wildman–Crippen MR) is 125 cm³/mol. The van der Waals surface area contributed by atoms with Crippen LogP contribution in [0.1, 0.15) is 15.2 Å². The number of aromatic carboxylic acids is 1. The van der Waals surface area contributed by atoms with Crippen molar-refractivity contribution in [2.75, 3.05) is 14.2 Å². The van der Waals surface area contributed by atoms with Crippen LogP contribution < -0.4 is 4.74 Å². The molecule has 1 amide bonds. The van der Waals surface area contributed by atoms with E-state index in [4.69, 9.17) is 9.84 Å². The smallest absolute Gasteiger partial charge is 0.335 e. The molecule has 6 nitrogen and oxygen atoms in total. The second-order valence-corrected chi connectivity index (χ2v) is 8.64. The molecule has 3 aromatic rings. The van der Waals surface area contributed by atoms with Crippen molar-refractivity contribution in [2.24, 2.45) is 4.99 Å². The molecule has 0 spiro atoms. The van der Waals surface area contributed by atoms with Gasteiger partial charge >= 0.3 is 5.97 Å². The molecule has 1 saturated heterocycles. The van der Waals surface area contributed by atoms with Crippen molar-refractivity contribution in [3.8, 4) is 16.9 Å². The first-order valence-corrected chi connectivity index (χ1v) is 11.0. The molecule has 0 aliphatic carbocycles. The van der Waals surface area contributed by atoms with Gasteiger partial charge in [0, 0.05) is 11.9 Å². The largest absolute Gasteiger partial charge is 0.497 e. The molecule has 0 radical (unpaired) electrons. The Labute approximate surface area is 187 Å². The molecule has 1 aromatic heterocycles. The molecular weight excluding hydrogens is 432 g/mol. The molecule has 4 rings (SSSR count). The average Bonchev–Trinajstić information content (AvgIpc) is 3.35. The van der Waals surface area contributed by atoms with Crippen molar-refractivity contribution in [3.63, 3.8) is 0 Å². The number of amides is 1. The maximum Gasteiger partial charge on any atom is 0.335 e. The van der Waals surface area contributed by atoms with E-state index in [2.05, 4.69) is 4.99 Å². The molecule has 8 heteroatoms. The number of aliphatic imine (C=N–C) groups is 1. The van der Waals surface area contributed by atoms with Gasteiger partial charge in [-0.2, -0.15) is 0 Å². The standard InChI is InChI=1S/C23H18N2O4S2/c1-25-21(26)20(31-23(25)24-17-7-9-18(29-2)10-8-17)12-19-11-16(13-30-19)14-3-5-15(6-4-14)22(27)28/h3-13H,1-2H3,(H,27,28)/b20-12-,24-23?. The van der Waals surface area contributed by atoms with Gasteiger partial charge in [0.05, 0.1) is 23.3 Å². The monoisotopic (exact) mass is 450 g/mol. The molecule has 156 valence electrons. The number of benzene rings is 2. The highest BCUT2D eigenvalue weighted by atomic mass is 32.2. The van der Waals surface area contributed by atoms with Crippen LogP contribution >= 0.6 is 23.1 Å². The highest BCUT2D eigenvalue weighted by Gasteiger charge is 2.30. The molecule has 2 aromatic carbocycles. The number of amidine groups is 1. The van der Waals surface area contributed by atoms with Gasteiger partial charge in [-0.1, -0.05) is 12.1 Å². The Morgan fingerprint density at radius 1 is 1.10 bits per heavy atom. The van der Waals surface area contributed by atoms with Crippen LogP contribution in [0.15, 0.2) is 69.9 Å². The summed E-state index contributed by atoms with van der Waals surface area (Å²) in [5, 5.41) is 11.6. The van der Waals surface area contributed by atoms with E-state index < -0.39 is 5.97 Å². The fourth-order valence-electron chi connectivity index (χ4n) is 2.93. The fourth-order valence-corrected chi connectivity index (χ4v) is 4.83. The molecular formula is C23H18N2O4S2. The zero-order chi connectivity index (χ0) is 22.0. The third-order valence-corrected chi connectivity index (χ3v) is 6.60. The van der Waals surface area contributed by atoms with Gasteiger partial charge in [0.2, 0.25) is 0 Å². The topological polar surface area (TPSA) is 79.2 Å². The number of ether oxygens (including phenoxy) is 1. The van der Waals surface area contributed by atoms with Gasteiger partial charge in [-0.05, 0) is 76.8 Å². The van der Waals surface area contributed by atoms with Gasteiger partial charge in [0.1, 0.15) is 5.75 Å². The van der Waals surface area contributed by atoms with E-state index in [0.717, 1.165) is 27.4 Å². The van der Waals surface area contributed by atoms with Crippen LogP contribution in [-0.2, 0) is 4.79 Å². The number of thioether (sulfide) groups is 1. The number of likely N-dealkylation sites (N-methyl/N-ethyl adjacent to an activating group) is 1. The number of hydrogen-bond acceptors (Lipinski definition) is 6. The minimum absolute atomic E-state index is 0.0991. The summed E-state index contributed by atoms with van der Waals surface area (Å²) in [6.45, 7) is 0. The summed E-state index contributed by atoms with van der Waals surface area (Å²) in [6, 6.07) is 16.1. The number of thiophene rings is 1. The van der Waals surface area contributed by atoms with Crippen molar-refractivity contribution in [3.05, 3.63) is 75.3 Å². The lowest BCUT2D eigenvalue weighted by atomic mass is 10.1. The minimum Gasteiger partial charge on any atom is -0.497 e. The van der Waals surface area contributed by atoms with Crippen molar-refractivity contribution < 1.29 is 19.4 Å². The van der Waals surface area contributed by atoms with Crippen LogP contribution in [0.5, 0.6) is 5.75 Å². The van der Waals surface area contributed by atoms with Gasteiger partial charge in [0.15, 0.2) is 5.17 Å². The van der Waals surface area contributed by atoms with Crippen molar-refractivity contribution in [1.29, 1.82) is 0 Å². The van der Waals surface area contributed by atoms with Crippen LogP contribution in [-0.4, -0.2) is 41.2 Å². The van der Waals surface area contributed by atoms with Gasteiger partial charge in [-0.3, -0.25) is 9.69 Å². The molecule has 1 aliphatic heterocycles. The summed E-state index contributed by atoms with van der Waals surface area (Å²) in [6.07, 6.45) is 1.86. The van der Waals surface area contributed by atoms with Crippen LogP contribution in [0.3, 0.4) is 0 Å². The van der Waals surface area contributed by atoms with E-state index in [9.17, 15) is 9.59 Å². The Hall–Kier alpha value is -3.36. The van der Waals surface area contributed by atoms with Crippen LogP contribution in [0.25, 0.3) is 17.2 Å². The van der Waals surface area contributed by atoms with Gasteiger partial charge in [-0.25, -0.2) is 9.79 Å². The van der Waals surface area contributed by atoms with Crippen LogP contribution in [0.2, 0.25) is 0 Å². The third kappa shape index (κ3) is 4.55. The van der Waals surface area contributed by atoms with E-state index in [1.54, 1.807) is 43.3 Å². The molecule has 1 fully saturated rings. The number of hydrogen-bond donors (Lipinski definition) is 1. The average molecular weight is 451 g/mol. The zero-order valence-electron chi connectivity index (χ0n) is 16.7. The Morgan fingerprint density at radius 3 is 2.45 bits per heavy atom. The highest BCUT2D eigenvalue weighted by Crippen LogP contribution is 2.35. The van der Waals surface area contributed by atoms with Gasteiger partial charge in [0.25, 0.3) is 5.91 Å². The highest BCUT2D eigenvalue weighted by molar-refractivity contribution is 8.18. The molecule has 31 heavy (non-hydrogen) atoms. The molecule has 0 saturated carbocycles. The number of methoxy groups -OCH3 is 1. The number of carbonyl (C=O) groups excluding carboxylic acids is 1. The van der Waals surface area contributed by atoms with E-state index >= 15 is 0 Å². The molecule has 0 unspecified atom stereocenters. The maximum absolute atomic E-state index is 12.7. The summed E-state index contributed by atoms with van der Waals surface area (Å²) < 4.78 is 5.16. The van der Waals surface area contributed by atoms with Crippen molar-refractivity contribution in [1.82, 2.24) is 4.90 Å². The third-order valence-electron chi connectivity index (χ3n) is 4.66. The lowest BCUT2D eigenvalue weighted by molar-refractivity contribution is -0.121. The summed E-state index contributed by atoms with van der Waals surface area (Å²) in [7, 11) is 3.32. The molecule has 0 atom stereocenters.